The molecule has 0 aromatic heterocycles. The normalized spacial score (nSPS) is 26.5. The van der Waals surface area contributed by atoms with Crippen LogP contribution in [0.3, 0.4) is 0 Å². The Bertz CT molecular complexity index is 512. The standard InChI is InChI=1S/C17H29N3O4/c1-16(2,3)24-15(23)20-11-7-8-17(12-20)13(21)18-9-5-4-6-10-19-14(17)22/h4-12H2,1-3H3,(H,18,21)(H,19,22)/p-1. The Kier molecular flexibility index (Phi) is 5.72. The van der Waals surface area contributed by atoms with Gasteiger partial charge in [-0.05, 0) is 58.8 Å². The number of nitrogens with zero attached hydrogens (tertiary/aromatic N) is 2. The van der Waals surface area contributed by atoms with Gasteiger partial charge >= 0.3 is 6.09 Å². The van der Waals surface area contributed by atoms with Gasteiger partial charge in [0.1, 0.15) is 5.60 Å². The van der Waals surface area contributed by atoms with Crippen LogP contribution in [0.4, 0.5) is 4.79 Å². The Morgan fingerprint density at radius 2 is 2.04 bits per heavy atom. The van der Waals surface area contributed by atoms with E-state index in [0.717, 1.165) is 19.3 Å². The van der Waals surface area contributed by atoms with Crippen LogP contribution in [0.1, 0.15) is 52.9 Å². The Morgan fingerprint density at radius 1 is 1.29 bits per heavy atom. The molecule has 24 heavy (non-hydrogen) atoms. The summed E-state index contributed by atoms with van der Waals surface area (Å²) in [5.74, 6) is -0.721. The van der Waals surface area contributed by atoms with Crippen LogP contribution in [-0.2, 0) is 9.53 Å². The predicted molar refractivity (Wildman–Crippen MR) is 88.6 cm³/mol. The van der Waals surface area contributed by atoms with Crippen LogP contribution >= 0.6 is 0 Å². The zero-order valence-corrected chi connectivity index (χ0v) is 14.9. The van der Waals surface area contributed by atoms with Crippen LogP contribution in [0.5, 0.6) is 0 Å². The zero-order chi connectivity index (χ0) is 17.8. The van der Waals surface area contributed by atoms with Crippen LogP contribution in [0.15, 0.2) is 4.99 Å². The molecule has 1 atom stereocenters. The second kappa shape index (κ2) is 7.40. The first-order valence-electron chi connectivity index (χ1n) is 8.73. The molecule has 1 fully saturated rings. The van der Waals surface area contributed by atoms with E-state index in [2.05, 4.69) is 10.3 Å². The highest BCUT2D eigenvalue weighted by Gasteiger charge is 2.44. The molecule has 7 nitrogen and oxygen atoms in total. The van der Waals surface area contributed by atoms with Gasteiger partial charge in [-0.2, -0.15) is 0 Å². The monoisotopic (exact) mass is 338 g/mol. The average Bonchev–Trinajstić information content (AvgIpc) is 2.51. The zero-order valence-electron chi connectivity index (χ0n) is 14.9. The molecule has 0 aromatic rings. The molecule has 7 heteroatoms. The van der Waals surface area contributed by atoms with Gasteiger partial charge in [0.25, 0.3) is 0 Å². The van der Waals surface area contributed by atoms with Crippen molar-refractivity contribution < 1.29 is 19.4 Å². The van der Waals surface area contributed by atoms with Gasteiger partial charge in [-0.25, -0.2) is 4.79 Å². The third-order valence-corrected chi connectivity index (χ3v) is 4.36. The fourth-order valence-electron chi connectivity index (χ4n) is 3.11. The summed E-state index contributed by atoms with van der Waals surface area (Å²) in [5.41, 5.74) is -1.89. The minimum absolute atomic E-state index is 0.0378. The van der Waals surface area contributed by atoms with Crippen molar-refractivity contribution in [1.29, 1.82) is 0 Å². The fraction of sp³-hybridized carbons (Fsp3) is 0.824. The van der Waals surface area contributed by atoms with E-state index in [-0.39, 0.29) is 12.5 Å². The van der Waals surface area contributed by atoms with Crippen molar-refractivity contribution in [2.45, 2.75) is 58.5 Å². The number of nitrogens with one attached hydrogen (secondary N) is 1. The quantitative estimate of drug-likeness (QED) is 0.714. The average molecular weight is 338 g/mol. The molecule has 0 aliphatic carbocycles. The van der Waals surface area contributed by atoms with Crippen LogP contribution in [0.25, 0.3) is 0 Å². The maximum Gasteiger partial charge on any atom is 0.410 e. The third-order valence-electron chi connectivity index (χ3n) is 4.36. The lowest BCUT2D eigenvalue weighted by atomic mass is 9.78. The Hall–Kier alpha value is -1.79. The van der Waals surface area contributed by atoms with E-state index in [0.29, 0.717) is 32.5 Å². The number of carbonyl (C=O) groups is 2. The van der Waals surface area contributed by atoms with Crippen LogP contribution < -0.4 is 10.4 Å². The largest absolute Gasteiger partial charge is 0.861 e. The molecule has 0 bridgehead atoms. The number of aliphatic imine (C=N–C) groups is 1. The topological polar surface area (TPSA) is 94.1 Å². The SMILES string of the molecule is CC(C)(C)OC(=O)N1CCCC2(C1)C(=O)NCCCCCN=C2[O-]. The number of hydrogen-bond donors (Lipinski definition) is 1. The van der Waals surface area contributed by atoms with E-state index in [1.807, 2.05) is 0 Å². The molecule has 1 unspecified atom stereocenters. The summed E-state index contributed by atoms with van der Waals surface area (Å²) in [6.07, 6.45) is 3.16. The molecule has 0 saturated carbocycles. The van der Waals surface area contributed by atoms with Crippen molar-refractivity contribution >= 4 is 17.9 Å². The van der Waals surface area contributed by atoms with Gasteiger partial charge in [0.05, 0.1) is 5.41 Å². The fourth-order valence-corrected chi connectivity index (χ4v) is 3.11. The number of ether oxygens (including phenoxy) is 1. The van der Waals surface area contributed by atoms with Crippen LogP contribution in [-0.4, -0.2) is 54.6 Å². The predicted octanol–water partition coefficient (Wildman–Crippen LogP) is 1.06. The minimum Gasteiger partial charge on any atom is -0.861 e. The number of rotatable bonds is 0. The van der Waals surface area contributed by atoms with E-state index >= 15 is 0 Å². The highest BCUT2D eigenvalue weighted by Crippen LogP contribution is 2.32. The Balaban J connectivity index is 2.23. The summed E-state index contributed by atoms with van der Waals surface area (Å²) in [5, 5.41) is 15.5. The molecule has 2 amide bonds. The second-order valence-corrected chi connectivity index (χ2v) is 7.59. The second-order valence-electron chi connectivity index (χ2n) is 7.59. The van der Waals surface area contributed by atoms with Gasteiger partial charge in [0.2, 0.25) is 5.91 Å². The first-order chi connectivity index (χ1) is 11.2. The summed E-state index contributed by atoms with van der Waals surface area (Å²) < 4.78 is 5.40. The van der Waals surface area contributed by atoms with E-state index in [1.54, 1.807) is 20.8 Å². The number of hydrogen-bond acceptors (Lipinski definition) is 5. The highest BCUT2D eigenvalue weighted by molar-refractivity contribution is 6.04. The summed E-state index contributed by atoms with van der Waals surface area (Å²) in [7, 11) is 0. The van der Waals surface area contributed by atoms with Crippen molar-refractivity contribution in [2.75, 3.05) is 26.2 Å². The minimum atomic E-state index is -1.27. The molecule has 136 valence electrons. The highest BCUT2D eigenvalue weighted by atomic mass is 16.6. The van der Waals surface area contributed by atoms with Crippen molar-refractivity contribution in [2.24, 2.45) is 10.4 Å². The van der Waals surface area contributed by atoms with Crippen molar-refractivity contribution in [3.8, 4) is 0 Å². The lowest BCUT2D eigenvalue weighted by Gasteiger charge is -2.44. The maximum atomic E-state index is 12.7. The van der Waals surface area contributed by atoms with Gasteiger partial charge in [-0.1, -0.05) is 0 Å². The summed E-state index contributed by atoms with van der Waals surface area (Å²) in [4.78, 5) is 30.6. The van der Waals surface area contributed by atoms with Crippen LogP contribution in [0.2, 0.25) is 0 Å². The number of amides is 2. The van der Waals surface area contributed by atoms with Crippen LogP contribution in [0, 0.1) is 5.41 Å². The molecule has 1 saturated heterocycles. The van der Waals surface area contributed by atoms with Gasteiger partial charge in [-0.3, -0.25) is 4.79 Å². The molecule has 2 heterocycles. The summed E-state index contributed by atoms with van der Waals surface area (Å²) in [6, 6.07) is 0. The maximum absolute atomic E-state index is 12.7. The van der Waals surface area contributed by atoms with Gasteiger partial charge in [0.15, 0.2) is 0 Å². The molecule has 0 radical (unpaired) electrons. The van der Waals surface area contributed by atoms with Gasteiger partial charge in [-0.15, -0.1) is 0 Å². The van der Waals surface area contributed by atoms with Crippen molar-refractivity contribution in [1.82, 2.24) is 10.2 Å². The van der Waals surface area contributed by atoms with E-state index < -0.39 is 23.0 Å². The summed E-state index contributed by atoms with van der Waals surface area (Å²) >= 11 is 0. The van der Waals surface area contributed by atoms with E-state index in [1.165, 1.54) is 4.90 Å². The van der Waals surface area contributed by atoms with E-state index in [9.17, 15) is 14.7 Å². The number of carbonyl (C=O) groups excluding carboxylic acids is 2. The van der Waals surface area contributed by atoms with E-state index in [4.69, 9.17) is 4.74 Å². The molecule has 2 aliphatic rings. The molecule has 0 aromatic carbocycles. The lowest BCUT2D eigenvalue weighted by molar-refractivity contribution is -0.233. The third kappa shape index (κ3) is 4.39. The first kappa shape index (κ1) is 18.5. The molecular weight excluding hydrogens is 310 g/mol. The van der Waals surface area contributed by atoms with Gasteiger partial charge in [0, 0.05) is 26.2 Å². The number of piperidine rings is 1. The molecular formula is C17H28N3O4-. The molecule has 2 rings (SSSR count). The Morgan fingerprint density at radius 3 is 2.75 bits per heavy atom. The van der Waals surface area contributed by atoms with Crippen molar-refractivity contribution in [3.63, 3.8) is 0 Å². The molecule has 1 N–H and O–H groups in total. The molecule has 1 spiro atoms. The number of likely N-dealkylation sites (tertiary alicyclic amines) is 1. The van der Waals surface area contributed by atoms with Gasteiger partial charge < -0.3 is 25.1 Å². The smallest absolute Gasteiger partial charge is 0.410 e. The van der Waals surface area contributed by atoms with Crippen molar-refractivity contribution in [3.05, 3.63) is 0 Å². The molecule has 2 aliphatic heterocycles. The Labute approximate surface area is 143 Å². The first-order valence-corrected chi connectivity index (χ1v) is 8.73. The summed E-state index contributed by atoms with van der Waals surface area (Å²) in [6.45, 7) is 6.90. The lowest BCUT2D eigenvalue weighted by Crippen LogP contribution is -2.60.